The topological polar surface area (TPSA) is 0 Å². The van der Waals surface area contributed by atoms with E-state index in [4.69, 9.17) is 11.6 Å². The molecule has 11 heavy (non-hydrogen) atoms. The van der Waals surface area contributed by atoms with Crippen molar-refractivity contribution < 1.29 is 0 Å². The van der Waals surface area contributed by atoms with Crippen LogP contribution >= 0.6 is 11.6 Å². The van der Waals surface area contributed by atoms with Crippen LogP contribution in [-0.4, -0.2) is 5.38 Å². The van der Waals surface area contributed by atoms with Crippen LogP contribution in [0.4, 0.5) is 0 Å². The van der Waals surface area contributed by atoms with E-state index in [-0.39, 0.29) is 0 Å². The van der Waals surface area contributed by atoms with Crippen molar-refractivity contribution in [2.24, 2.45) is 17.8 Å². The molecule has 0 radical (unpaired) electrons. The van der Waals surface area contributed by atoms with E-state index in [1.807, 2.05) is 0 Å². The van der Waals surface area contributed by atoms with Crippen LogP contribution in [0.5, 0.6) is 0 Å². The highest BCUT2D eigenvalue weighted by molar-refractivity contribution is 6.20. The average Bonchev–Trinajstić information content (AvgIpc) is 2.34. The molecule has 0 N–H and O–H groups in total. The molecule has 0 saturated heterocycles. The third-order valence-electron chi connectivity index (χ3n) is 2.82. The summed E-state index contributed by atoms with van der Waals surface area (Å²) < 4.78 is 0. The Morgan fingerprint density at radius 1 is 1.27 bits per heavy atom. The van der Waals surface area contributed by atoms with E-state index in [0.717, 1.165) is 11.8 Å². The Labute approximate surface area is 75.3 Å². The van der Waals surface area contributed by atoms with Crippen LogP contribution < -0.4 is 0 Å². The van der Waals surface area contributed by atoms with Gasteiger partial charge < -0.3 is 0 Å². The Morgan fingerprint density at radius 3 is 2.27 bits per heavy atom. The van der Waals surface area contributed by atoms with Gasteiger partial charge in [0.25, 0.3) is 0 Å². The van der Waals surface area contributed by atoms with E-state index in [1.54, 1.807) is 0 Å². The zero-order valence-electron chi connectivity index (χ0n) is 7.81. The van der Waals surface area contributed by atoms with Crippen molar-refractivity contribution in [3.05, 3.63) is 0 Å². The van der Waals surface area contributed by atoms with Crippen molar-refractivity contribution in [1.29, 1.82) is 0 Å². The maximum Gasteiger partial charge on any atom is 0.0387 e. The van der Waals surface area contributed by atoms with E-state index in [1.165, 1.54) is 19.3 Å². The summed E-state index contributed by atoms with van der Waals surface area (Å²) >= 11 is 6.29. The highest BCUT2D eigenvalue weighted by Crippen LogP contribution is 2.37. The molecule has 1 aliphatic rings. The van der Waals surface area contributed by atoms with Crippen LogP contribution in [0.3, 0.4) is 0 Å². The fourth-order valence-corrected chi connectivity index (χ4v) is 2.31. The van der Waals surface area contributed by atoms with Gasteiger partial charge in [-0.05, 0) is 30.6 Å². The summed E-state index contributed by atoms with van der Waals surface area (Å²) in [6.07, 6.45) is 4.10. The van der Waals surface area contributed by atoms with Crippen LogP contribution in [0.15, 0.2) is 0 Å². The Morgan fingerprint density at radius 2 is 1.91 bits per heavy atom. The van der Waals surface area contributed by atoms with Crippen molar-refractivity contribution in [3.8, 4) is 0 Å². The first-order valence-corrected chi connectivity index (χ1v) is 5.19. The quantitative estimate of drug-likeness (QED) is 0.561. The zero-order chi connectivity index (χ0) is 8.43. The molecule has 1 aliphatic carbocycles. The molecule has 1 saturated carbocycles. The van der Waals surface area contributed by atoms with Gasteiger partial charge in [0, 0.05) is 5.38 Å². The van der Waals surface area contributed by atoms with Gasteiger partial charge in [-0.25, -0.2) is 0 Å². The third-order valence-corrected chi connectivity index (χ3v) is 3.68. The predicted molar refractivity (Wildman–Crippen MR) is 51.0 cm³/mol. The van der Waals surface area contributed by atoms with Crippen LogP contribution in [0.2, 0.25) is 0 Å². The lowest BCUT2D eigenvalue weighted by Crippen LogP contribution is -2.17. The fraction of sp³-hybridized carbons (Fsp3) is 1.00. The molecule has 1 heteroatoms. The number of alkyl halides is 1. The number of halogens is 1. The SMILES string of the molecule is CC(C)[C@@H](Cl)[C@H]1CC[C@@H](C)C1. The van der Waals surface area contributed by atoms with Gasteiger partial charge in [-0.3, -0.25) is 0 Å². The van der Waals surface area contributed by atoms with E-state index >= 15 is 0 Å². The second-order valence-electron chi connectivity index (χ2n) is 4.37. The summed E-state index contributed by atoms with van der Waals surface area (Å²) in [5.41, 5.74) is 0. The zero-order valence-corrected chi connectivity index (χ0v) is 8.56. The smallest absolute Gasteiger partial charge is 0.0387 e. The lowest BCUT2D eigenvalue weighted by atomic mass is 9.94. The Hall–Kier alpha value is 0.290. The third kappa shape index (κ3) is 2.37. The fourth-order valence-electron chi connectivity index (χ4n) is 2.08. The van der Waals surface area contributed by atoms with Crippen molar-refractivity contribution in [3.63, 3.8) is 0 Å². The predicted octanol–water partition coefficient (Wildman–Crippen LogP) is 3.69. The van der Waals surface area contributed by atoms with Gasteiger partial charge in [-0.15, -0.1) is 11.6 Å². The van der Waals surface area contributed by atoms with Crippen molar-refractivity contribution in [2.75, 3.05) is 0 Å². The van der Waals surface area contributed by atoms with Gasteiger partial charge in [0.1, 0.15) is 0 Å². The van der Waals surface area contributed by atoms with Crippen molar-refractivity contribution >= 4 is 11.6 Å². The monoisotopic (exact) mass is 174 g/mol. The van der Waals surface area contributed by atoms with Crippen molar-refractivity contribution in [1.82, 2.24) is 0 Å². The van der Waals surface area contributed by atoms with Crippen molar-refractivity contribution in [2.45, 2.75) is 45.4 Å². The van der Waals surface area contributed by atoms with Gasteiger partial charge >= 0.3 is 0 Å². The first-order chi connectivity index (χ1) is 5.11. The second kappa shape index (κ2) is 3.80. The molecule has 0 nitrogen and oxygen atoms in total. The van der Waals surface area contributed by atoms with E-state index in [0.29, 0.717) is 11.3 Å². The molecule has 3 atom stereocenters. The Bertz CT molecular complexity index is 120. The second-order valence-corrected chi connectivity index (χ2v) is 4.87. The van der Waals surface area contributed by atoms with Crippen LogP contribution in [0.1, 0.15) is 40.0 Å². The lowest BCUT2D eigenvalue weighted by Gasteiger charge is -2.20. The van der Waals surface area contributed by atoms with E-state index < -0.39 is 0 Å². The summed E-state index contributed by atoms with van der Waals surface area (Å²) in [5.74, 6) is 2.36. The molecule has 66 valence electrons. The summed E-state index contributed by atoms with van der Waals surface area (Å²) in [7, 11) is 0. The Balaban J connectivity index is 2.36. The molecule has 0 unspecified atom stereocenters. The molecule has 0 heterocycles. The van der Waals surface area contributed by atoms with Gasteiger partial charge in [0.15, 0.2) is 0 Å². The molecule has 0 aromatic rings. The maximum absolute atomic E-state index is 6.29. The standard InChI is InChI=1S/C10H19Cl/c1-7(2)10(11)9-5-4-8(3)6-9/h7-10H,4-6H2,1-3H3/t8-,9+,10-/m1/s1. The van der Waals surface area contributed by atoms with Gasteiger partial charge in [-0.1, -0.05) is 27.2 Å². The molecule has 0 amide bonds. The molecule has 0 aromatic carbocycles. The molecule has 1 rings (SSSR count). The number of hydrogen-bond donors (Lipinski definition) is 0. The minimum atomic E-state index is 0.417. The number of rotatable bonds is 2. The minimum Gasteiger partial charge on any atom is -0.122 e. The minimum absolute atomic E-state index is 0.417. The highest BCUT2D eigenvalue weighted by Gasteiger charge is 2.28. The molecule has 0 aromatic heterocycles. The summed E-state index contributed by atoms with van der Waals surface area (Å²) in [6, 6.07) is 0. The van der Waals surface area contributed by atoms with Crippen LogP contribution in [0, 0.1) is 17.8 Å². The summed E-state index contributed by atoms with van der Waals surface area (Å²) in [5, 5.41) is 0.417. The Kier molecular flexibility index (Phi) is 3.24. The average molecular weight is 175 g/mol. The van der Waals surface area contributed by atoms with Gasteiger partial charge in [0.05, 0.1) is 0 Å². The normalized spacial score (nSPS) is 34.6. The van der Waals surface area contributed by atoms with Gasteiger partial charge in [0.2, 0.25) is 0 Å². The first kappa shape index (κ1) is 9.38. The molecular formula is C10H19Cl. The molecular weight excluding hydrogens is 156 g/mol. The van der Waals surface area contributed by atoms with Gasteiger partial charge in [-0.2, -0.15) is 0 Å². The van der Waals surface area contributed by atoms with E-state index in [9.17, 15) is 0 Å². The molecule has 0 bridgehead atoms. The maximum atomic E-state index is 6.29. The molecule has 0 aliphatic heterocycles. The number of hydrogen-bond acceptors (Lipinski definition) is 0. The molecule has 1 fully saturated rings. The van der Waals surface area contributed by atoms with Crippen LogP contribution in [-0.2, 0) is 0 Å². The summed E-state index contributed by atoms with van der Waals surface area (Å²) in [4.78, 5) is 0. The van der Waals surface area contributed by atoms with E-state index in [2.05, 4.69) is 20.8 Å². The first-order valence-electron chi connectivity index (χ1n) is 4.75. The highest BCUT2D eigenvalue weighted by atomic mass is 35.5. The summed E-state index contributed by atoms with van der Waals surface area (Å²) in [6.45, 7) is 6.78. The van der Waals surface area contributed by atoms with Crippen LogP contribution in [0.25, 0.3) is 0 Å². The largest absolute Gasteiger partial charge is 0.122 e. The molecule has 0 spiro atoms. The lowest BCUT2D eigenvalue weighted by molar-refractivity contribution is 0.417.